The van der Waals surface area contributed by atoms with Gasteiger partial charge in [-0.15, -0.1) is 0 Å². The number of amides is 1. The van der Waals surface area contributed by atoms with Crippen LogP contribution < -0.4 is 10.2 Å². The first-order chi connectivity index (χ1) is 13.5. The molecule has 1 aliphatic heterocycles. The summed E-state index contributed by atoms with van der Waals surface area (Å²) in [5.41, 5.74) is 3.01. The summed E-state index contributed by atoms with van der Waals surface area (Å²) in [4.78, 5) is 17.8. The Morgan fingerprint density at radius 3 is 2.36 bits per heavy atom. The Hall–Kier alpha value is -2.04. The van der Waals surface area contributed by atoms with Gasteiger partial charge in [-0.3, -0.25) is 4.79 Å². The summed E-state index contributed by atoms with van der Waals surface area (Å²) in [5.74, 6) is 0.102. The predicted molar refractivity (Wildman–Crippen MR) is 115 cm³/mol. The highest BCUT2D eigenvalue weighted by atomic mass is 35.5. The van der Waals surface area contributed by atoms with Crippen LogP contribution in [0.1, 0.15) is 36.9 Å². The predicted octanol–water partition coefficient (Wildman–Crippen LogP) is 4.00. The first-order valence-electron chi connectivity index (χ1n) is 10.1. The summed E-state index contributed by atoms with van der Waals surface area (Å²) < 4.78 is 0. The third-order valence-electron chi connectivity index (χ3n) is 6.17. The highest BCUT2D eigenvalue weighted by molar-refractivity contribution is 6.30. The van der Waals surface area contributed by atoms with Crippen molar-refractivity contribution in [3.63, 3.8) is 0 Å². The molecule has 148 valence electrons. The van der Waals surface area contributed by atoms with Crippen LogP contribution in [0.2, 0.25) is 5.02 Å². The minimum absolute atomic E-state index is 0.0225. The van der Waals surface area contributed by atoms with Gasteiger partial charge in [-0.1, -0.05) is 35.9 Å². The highest BCUT2D eigenvalue weighted by Gasteiger charge is 2.51. The van der Waals surface area contributed by atoms with Gasteiger partial charge in [-0.05, 0) is 62.2 Å². The number of benzene rings is 2. The van der Waals surface area contributed by atoms with Crippen LogP contribution >= 0.6 is 11.6 Å². The van der Waals surface area contributed by atoms with Crippen molar-refractivity contribution < 1.29 is 4.79 Å². The van der Waals surface area contributed by atoms with E-state index >= 15 is 0 Å². The van der Waals surface area contributed by atoms with Crippen LogP contribution in [-0.2, 0) is 10.2 Å². The van der Waals surface area contributed by atoms with Crippen molar-refractivity contribution >= 4 is 23.2 Å². The molecule has 0 bridgehead atoms. The Morgan fingerprint density at radius 2 is 1.75 bits per heavy atom. The first kappa shape index (κ1) is 19.3. The molecule has 4 nitrogen and oxygen atoms in total. The summed E-state index contributed by atoms with van der Waals surface area (Å²) in [6.07, 6.45) is 1.77. The molecule has 2 aliphatic rings. The molecule has 2 aromatic carbocycles. The standard InChI is InChI=1S/C23H28ClN3O/c1-17(18-6-8-21(9-7-18)27-14-12-26(2)13-15-27)25-22(28)23(10-11-23)19-4-3-5-20(24)16-19/h3-9,16-17H,10-15H2,1-2H3,(H,25,28). The zero-order chi connectivity index (χ0) is 19.7. The summed E-state index contributed by atoms with van der Waals surface area (Å²) in [5, 5.41) is 3.90. The van der Waals surface area contributed by atoms with Crippen molar-refractivity contribution in [3.8, 4) is 0 Å². The SMILES string of the molecule is CC(NC(=O)C1(c2cccc(Cl)c2)CC1)c1ccc(N2CCN(C)CC2)cc1. The molecule has 1 amide bonds. The smallest absolute Gasteiger partial charge is 0.231 e. The van der Waals surface area contributed by atoms with Gasteiger partial charge >= 0.3 is 0 Å². The number of rotatable bonds is 5. The lowest BCUT2D eigenvalue weighted by Crippen LogP contribution is -2.44. The van der Waals surface area contributed by atoms with E-state index < -0.39 is 5.41 Å². The van der Waals surface area contributed by atoms with E-state index in [2.05, 4.69) is 53.4 Å². The molecule has 1 unspecified atom stereocenters. The number of hydrogen-bond acceptors (Lipinski definition) is 3. The molecule has 0 spiro atoms. The van der Waals surface area contributed by atoms with Gasteiger partial charge in [0.05, 0.1) is 11.5 Å². The maximum atomic E-state index is 13.0. The molecule has 5 heteroatoms. The average molecular weight is 398 g/mol. The van der Waals surface area contributed by atoms with Crippen molar-refractivity contribution in [1.82, 2.24) is 10.2 Å². The van der Waals surface area contributed by atoms with Gasteiger partial charge in [0.25, 0.3) is 0 Å². The van der Waals surface area contributed by atoms with Gasteiger partial charge in [0, 0.05) is 36.9 Å². The van der Waals surface area contributed by atoms with Crippen LogP contribution in [0.5, 0.6) is 0 Å². The Bertz CT molecular complexity index is 839. The molecule has 1 atom stereocenters. The number of piperazine rings is 1. The fourth-order valence-corrected chi connectivity index (χ4v) is 4.20. The van der Waals surface area contributed by atoms with Crippen molar-refractivity contribution in [2.45, 2.75) is 31.2 Å². The van der Waals surface area contributed by atoms with E-state index in [0.717, 1.165) is 50.1 Å². The van der Waals surface area contributed by atoms with Crippen molar-refractivity contribution in [1.29, 1.82) is 0 Å². The van der Waals surface area contributed by atoms with Gasteiger partial charge in [0.15, 0.2) is 0 Å². The molecule has 0 aromatic heterocycles. The summed E-state index contributed by atoms with van der Waals surface area (Å²) in [7, 11) is 2.17. The molecular formula is C23H28ClN3O. The molecule has 4 rings (SSSR count). The van der Waals surface area contributed by atoms with Crippen LogP contribution in [0.15, 0.2) is 48.5 Å². The Labute approximate surface area is 172 Å². The van der Waals surface area contributed by atoms with Gasteiger partial charge in [0.2, 0.25) is 5.91 Å². The van der Waals surface area contributed by atoms with Crippen LogP contribution in [0.25, 0.3) is 0 Å². The zero-order valence-corrected chi connectivity index (χ0v) is 17.4. The van der Waals surface area contributed by atoms with Crippen molar-refractivity contribution in [2.24, 2.45) is 0 Å². The second-order valence-electron chi connectivity index (χ2n) is 8.17. The van der Waals surface area contributed by atoms with Crippen LogP contribution in [0.3, 0.4) is 0 Å². The molecule has 2 aromatic rings. The fourth-order valence-electron chi connectivity index (χ4n) is 4.01. The third-order valence-corrected chi connectivity index (χ3v) is 6.41. The summed E-state index contributed by atoms with van der Waals surface area (Å²) in [6, 6.07) is 16.3. The van der Waals surface area contributed by atoms with Crippen LogP contribution in [0.4, 0.5) is 5.69 Å². The lowest BCUT2D eigenvalue weighted by molar-refractivity contribution is -0.124. The van der Waals surface area contributed by atoms with E-state index in [9.17, 15) is 4.79 Å². The minimum Gasteiger partial charge on any atom is -0.369 e. The summed E-state index contributed by atoms with van der Waals surface area (Å²) >= 11 is 6.13. The lowest BCUT2D eigenvalue weighted by atomic mass is 9.94. The third kappa shape index (κ3) is 3.89. The van der Waals surface area contributed by atoms with E-state index in [1.807, 2.05) is 24.3 Å². The molecule has 1 aliphatic carbocycles. The van der Waals surface area contributed by atoms with E-state index in [-0.39, 0.29) is 11.9 Å². The van der Waals surface area contributed by atoms with Gasteiger partial charge in [0.1, 0.15) is 0 Å². The number of nitrogens with zero attached hydrogens (tertiary/aromatic N) is 2. The quantitative estimate of drug-likeness (QED) is 0.828. The Kier molecular flexibility index (Phi) is 5.35. The van der Waals surface area contributed by atoms with Crippen molar-refractivity contribution in [3.05, 3.63) is 64.7 Å². The van der Waals surface area contributed by atoms with Gasteiger partial charge in [-0.2, -0.15) is 0 Å². The molecule has 1 saturated carbocycles. The largest absolute Gasteiger partial charge is 0.369 e. The maximum Gasteiger partial charge on any atom is 0.231 e. The number of carbonyl (C=O) groups excluding carboxylic acids is 1. The summed E-state index contributed by atoms with van der Waals surface area (Å²) in [6.45, 7) is 6.37. The molecule has 28 heavy (non-hydrogen) atoms. The molecule has 1 N–H and O–H groups in total. The van der Waals surface area contributed by atoms with E-state index in [1.165, 1.54) is 5.69 Å². The lowest BCUT2D eigenvalue weighted by Gasteiger charge is -2.34. The van der Waals surface area contributed by atoms with E-state index in [4.69, 9.17) is 11.6 Å². The number of halogens is 1. The van der Waals surface area contributed by atoms with Gasteiger partial charge in [-0.25, -0.2) is 0 Å². The number of carbonyl (C=O) groups is 1. The second-order valence-corrected chi connectivity index (χ2v) is 8.61. The number of nitrogens with one attached hydrogen (secondary N) is 1. The number of hydrogen-bond donors (Lipinski definition) is 1. The maximum absolute atomic E-state index is 13.0. The van der Waals surface area contributed by atoms with Gasteiger partial charge < -0.3 is 15.1 Å². The minimum atomic E-state index is -0.404. The average Bonchev–Trinajstić information content (AvgIpc) is 3.51. The second kappa shape index (κ2) is 7.76. The first-order valence-corrected chi connectivity index (χ1v) is 10.5. The van der Waals surface area contributed by atoms with E-state index in [0.29, 0.717) is 5.02 Å². The molecule has 1 heterocycles. The fraction of sp³-hybridized carbons (Fsp3) is 0.435. The molecule has 1 saturated heterocycles. The molecule has 0 radical (unpaired) electrons. The van der Waals surface area contributed by atoms with Crippen LogP contribution in [0, 0.1) is 0 Å². The zero-order valence-electron chi connectivity index (χ0n) is 16.6. The van der Waals surface area contributed by atoms with Crippen molar-refractivity contribution in [2.75, 3.05) is 38.1 Å². The molecular weight excluding hydrogens is 370 g/mol. The van der Waals surface area contributed by atoms with Crippen LogP contribution in [-0.4, -0.2) is 44.0 Å². The Balaban J connectivity index is 1.41. The van der Waals surface area contributed by atoms with E-state index in [1.54, 1.807) is 0 Å². The molecule has 2 fully saturated rings. The normalized spacial score (nSPS) is 19.9. The Morgan fingerprint density at radius 1 is 1.07 bits per heavy atom. The number of anilines is 1. The topological polar surface area (TPSA) is 35.6 Å². The monoisotopic (exact) mass is 397 g/mol. The highest BCUT2D eigenvalue weighted by Crippen LogP contribution is 2.49. The number of likely N-dealkylation sites (N-methyl/N-ethyl adjacent to an activating group) is 1.